The third kappa shape index (κ3) is 3.80. The average molecular weight is 413 g/mol. The van der Waals surface area contributed by atoms with Gasteiger partial charge in [0.2, 0.25) is 5.91 Å². The van der Waals surface area contributed by atoms with Crippen LogP contribution in [0, 0.1) is 0 Å². The van der Waals surface area contributed by atoms with Crippen molar-refractivity contribution in [2.75, 3.05) is 11.9 Å². The molecule has 0 saturated heterocycles. The molecule has 1 aliphatic carbocycles. The molecule has 0 bridgehead atoms. The zero-order chi connectivity index (χ0) is 18.7. The standard InChI is InChI=1S/C20H20Cl3NO2/c1-2-26-18-8-6-14(12-17(18)23)24-19(25)20(9-3-4-10-20)15-7-5-13(21)11-16(15)22/h5-8,11-12H,2-4,9-10H2,1H3,(H,24,25). The molecule has 2 aromatic carbocycles. The highest BCUT2D eigenvalue weighted by Gasteiger charge is 2.44. The van der Waals surface area contributed by atoms with Gasteiger partial charge in [0.15, 0.2) is 0 Å². The van der Waals surface area contributed by atoms with E-state index in [9.17, 15) is 4.79 Å². The smallest absolute Gasteiger partial charge is 0.235 e. The fourth-order valence-electron chi connectivity index (χ4n) is 3.58. The number of nitrogens with one attached hydrogen (secondary N) is 1. The first kappa shape index (κ1) is 19.3. The summed E-state index contributed by atoms with van der Waals surface area (Å²) in [6.45, 7) is 2.43. The van der Waals surface area contributed by atoms with Crippen molar-refractivity contribution in [1.82, 2.24) is 0 Å². The Bertz CT molecular complexity index is 817. The molecule has 0 heterocycles. The number of hydrogen-bond donors (Lipinski definition) is 1. The molecule has 1 aliphatic rings. The summed E-state index contributed by atoms with van der Waals surface area (Å²) in [7, 11) is 0. The second-order valence-corrected chi connectivity index (χ2v) is 7.70. The second-order valence-electron chi connectivity index (χ2n) is 6.45. The van der Waals surface area contributed by atoms with Gasteiger partial charge in [-0.2, -0.15) is 0 Å². The van der Waals surface area contributed by atoms with Gasteiger partial charge < -0.3 is 10.1 Å². The number of carbonyl (C=O) groups is 1. The summed E-state index contributed by atoms with van der Waals surface area (Å²) in [5.74, 6) is 0.530. The summed E-state index contributed by atoms with van der Waals surface area (Å²) < 4.78 is 5.44. The molecule has 3 nitrogen and oxygen atoms in total. The van der Waals surface area contributed by atoms with Crippen molar-refractivity contribution in [2.24, 2.45) is 0 Å². The number of benzene rings is 2. The fourth-order valence-corrected chi connectivity index (χ4v) is 4.40. The van der Waals surface area contributed by atoms with Crippen LogP contribution in [0.3, 0.4) is 0 Å². The van der Waals surface area contributed by atoms with Crippen LogP contribution in [0.25, 0.3) is 0 Å². The first-order valence-corrected chi connectivity index (χ1v) is 9.79. The maximum absolute atomic E-state index is 13.2. The lowest BCUT2D eigenvalue weighted by molar-refractivity contribution is -0.121. The molecule has 3 rings (SSSR count). The van der Waals surface area contributed by atoms with Crippen molar-refractivity contribution in [3.05, 3.63) is 57.0 Å². The van der Waals surface area contributed by atoms with Gasteiger partial charge in [0.05, 0.1) is 17.0 Å². The number of ether oxygens (including phenoxy) is 1. The van der Waals surface area contributed by atoms with E-state index in [1.165, 1.54) is 0 Å². The highest BCUT2D eigenvalue weighted by molar-refractivity contribution is 6.35. The summed E-state index contributed by atoms with van der Waals surface area (Å²) >= 11 is 18.7. The molecule has 6 heteroatoms. The number of carbonyl (C=O) groups excluding carboxylic acids is 1. The maximum Gasteiger partial charge on any atom is 0.235 e. The second kappa shape index (κ2) is 8.08. The van der Waals surface area contributed by atoms with Crippen molar-refractivity contribution >= 4 is 46.4 Å². The number of amides is 1. The average Bonchev–Trinajstić information content (AvgIpc) is 3.08. The normalized spacial score (nSPS) is 15.7. The minimum absolute atomic E-state index is 0.0700. The Kier molecular flexibility index (Phi) is 6.01. The van der Waals surface area contributed by atoms with Gasteiger partial charge in [0, 0.05) is 15.7 Å². The molecule has 0 aliphatic heterocycles. The summed E-state index contributed by atoms with van der Waals surface area (Å²) in [5, 5.41) is 4.56. The quantitative estimate of drug-likeness (QED) is 0.609. The molecule has 2 aromatic rings. The van der Waals surface area contributed by atoms with Gasteiger partial charge in [-0.25, -0.2) is 0 Å². The van der Waals surface area contributed by atoms with Gasteiger partial charge in [-0.1, -0.05) is 53.7 Å². The topological polar surface area (TPSA) is 38.3 Å². The summed E-state index contributed by atoms with van der Waals surface area (Å²) in [6, 6.07) is 10.6. The third-order valence-electron chi connectivity index (χ3n) is 4.83. The molecule has 0 spiro atoms. The van der Waals surface area contributed by atoms with E-state index < -0.39 is 5.41 Å². The first-order valence-electron chi connectivity index (χ1n) is 8.65. The number of hydrogen-bond acceptors (Lipinski definition) is 2. The van der Waals surface area contributed by atoms with Gasteiger partial charge in [0.25, 0.3) is 0 Å². The zero-order valence-corrected chi connectivity index (χ0v) is 16.7. The van der Waals surface area contributed by atoms with Crippen molar-refractivity contribution in [2.45, 2.75) is 38.0 Å². The lowest BCUT2D eigenvalue weighted by atomic mass is 9.78. The molecular weight excluding hydrogens is 393 g/mol. The first-order chi connectivity index (χ1) is 12.5. The predicted molar refractivity (Wildman–Crippen MR) is 108 cm³/mol. The molecule has 0 radical (unpaired) electrons. The number of halogens is 3. The van der Waals surface area contributed by atoms with Crippen LogP contribution in [-0.2, 0) is 10.2 Å². The molecule has 0 unspecified atom stereocenters. The number of anilines is 1. The Hall–Kier alpha value is -1.42. The Labute approximate surface area is 168 Å². The number of rotatable bonds is 5. The largest absolute Gasteiger partial charge is 0.492 e. The molecule has 0 atom stereocenters. The monoisotopic (exact) mass is 411 g/mol. The molecule has 138 valence electrons. The van der Waals surface area contributed by atoms with E-state index in [4.69, 9.17) is 39.5 Å². The van der Waals surface area contributed by atoms with Crippen LogP contribution in [0.4, 0.5) is 5.69 Å². The Morgan fingerprint density at radius 1 is 1.08 bits per heavy atom. The van der Waals surface area contributed by atoms with Crippen molar-refractivity contribution in [3.63, 3.8) is 0 Å². The Morgan fingerprint density at radius 3 is 2.42 bits per heavy atom. The van der Waals surface area contributed by atoms with Crippen LogP contribution in [0.15, 0.2) is 36.4 Å². The molecule has 1 fully saturated rings. The maximum atomic E-state index is 13.2. The van der Waals surface area contributed by atoms with E-state index in [0.29, 0.717) is 33.1 Å². The molecule has 1 amide bonds. The van der Waals surface area contributed by atoms with Gasteiger partial charge in [-0.15, -0.1) is 0 Å². The lowest BCUT2D eigenvalue weighted by Gasteiger charge is -2.29. The highest BCUT2D eigenvalue weighted by atomic mass is 35.5. The van der Waals surface area contributed by atoms with Crippen LogP contribution in [-0.4, -0.2) is 12.5 Å². The fraction of sp³-hybridized carbons (Fsp3) is 0.350. The molecular formula is C20H20Cl3NO2. The predicted octanol–water partition coefficient (Wildman–Crippen LogP) is 6.50. The molecule has 1 N–H and O–H groups in total. The van der Waals surface area contributed by atoms with Crippen LogP contribution >= 0.6 is 34.8 Å². The Morgan fingerprint density at radius 2 is 1.81 bits per heavy atom. The lowest BCUT2D eigenvalue weighted by Crippen LogP contribution is -2.38. The molecule has 0 aromatic heterocycles. The van der Waals surface area contributed by atoms with Crippen LogP contribution in [0.5, 0.6) is 5.75 Å². The summed E-state index contributed by atoms with van der Waals surface area (Å²) in [4.78, 5) is 13.2. The Balaban J connectivity index is 1.89. The van der Waals surface area contributed by atoms with E-state index in [2.05, 4.69) is 5.32 Å². The highest BCUT2D eigenvalue weighted by Crippen LogP contribution is 2.45. The van der Waals surface area contributed by atoms with E-state index in [-0.39, 0.29) is 5.91 Å². The van der Waals surface area contributed by atoms with E-state index in [1.807, 2.05) is 13.0 Å². The summed E-state index contributed by atoms with van der Waals surface area (Å²) in [6.07, 6.45) is 3.47. The minimum Gasteiger partial charge on any atom is -0.492 e. The van der Waals surface area contributed by atoms with Crippen LogP contribution < -0.4 is 10.1 Å². The van der Waals surface area contributed by atoms with Crippen LogP contribution in [0.2, 0.25) is 15.1 Å². The molecule has 26 heavy (non-hydrogen) atoms. The van der Waals surface area contributed by atoms with E-state index in [1.54, 1.807) is 30.3 Å². The van der Waals surface area contributed by atoms with Crippen molar-refractivity contribution in [1.29, 1.82) is 0 Å². The summed E-state index contributed by atoms with van der Waals surface area (Å²) in [5.41, 5.74) is 0.822. The van der Waals surface area contributed by atoms with Gasteiger partial charge >= 0.3 is 0 Å². The third-order valence-corrected chi connectivity index (χ3v) is 5.67. The van der Waals surface area contributed by atoms with E-state index >= 15 is 0 Å². The SMILES string of the molecule is CCOc1ccc(NC(=O)C2(c3ccc(Cl)cc3Cl)CCCC2)cc1Cl. The van der Waals surface area contributed by atoms with Gasteiger partial charge in [-0.3, -0.25) is 4.79 Å². The van der Waals surface area contributed by atoms with Crippen LogP contribution in [0.1, 0.15) is 38.2 Å². The zero-order valence-electron chi connectivity index (χ0n) is 14.5. The van der Waals surface area contributed by atoms with Gasteiger partial charge in [-0.05, 0) is 55.7 Å². The van der Waals surface area contributed by atoms with Crippen molar-refractivity contribution < 1.29 is 9.53 Å². The van der Waals surface area contributed by atoms with Crippen molar-refractivity contribution in [3.8, 4) is 5.75 Å². The molecule has 1 saturated carbocycles. The van der Waals surface area contributed by atoms with E-state index in [0.717, 1.165) is 31.2 Å². The minimum atomic E-state index is -0.646. The van der Waals surface area contributed by atoms with Gasteiger partial charge in [0.1, 0.15) is 5.75 Å².